The number of carbonyl (C=O) groups is 4. The van der Waals surface area contributed by atoms with E-state index in [2.05, 4.69) is 10.6 Å². The van der Waals surface area contributed by atoms with Gasteiger partial charge in [0.2, 0.25) is 0 Å². The molecule has 0 spiro atoms. The minimum atomic E-state index is -1.09. The first-order valence-electron chi connectivity index (χ1n) is 11.6. The molecule has 0 fully saturated rings. The summed E-state index contributed by atoms with van der Waals surface area (Å²) in [6, 6.07) is 11.7. The molecule has 2 atom stereocenters. The van der Waals surface area contributed by atoms with Crippen molar-refractivity contribution in [1.82, 2.24) is 10.6 Å². The summed E-state index contributed by atoms with van der Waals surface area (Å²) in [7, 11) is 2.51. The van der Waals surface area contributed by atoms with Gasteiger partial charge in [-0.1, -0.05) is 73.5 Å². The maximum Gasteiger partial charge on any atom is 0.326 e. The summed E-state index contributed by atoms with van der Waals surface area (Å²) in [5, 5.41) is 24.1. The monoisotopic (exact) mass is 532 g/mol. The molecule has 2 aromatic carbocycles. The van der Waals surface area contributed by atoms with Crippen molar-refractivity contribution in [2.45, 2.75) is 62.4 Å². The molecule has 0 saturated heterocycles. The Morgan fingerprint density at radius 1 is 0.667 bits per heavy atom. The third-order valence-corrected chi connectivity index (χ3v) is 7.59. The second-order valence-electron chi connectivity index (χ2n) is 9.15. The standard InChI is InChI=1S/C26H32N2O6S2/c1-15(2)13-19(25(31)32)27-23(29)17-9-5-7-11-21(17)35-36-22-12-8-6-10-18(22)24(30)28-20(26(33)34)14-16(3)4/h5-12,15-16,19-20H,13-14H2,1-4H3,(H,27,29)(H,28,30)(H,31,32)(H,33,34)/t19-,20-/m0/s1. The number of hydrogen-bond acceptors (Lipinski definition) is 6. The van der Waals surface area contributed by atoms with Crippen molar-refractivity contribution < 1.29 is 29.4 Å². The molecular weight excluding hydrogens is 500 g/mol. The van der Waals surface area contributed by atoms with Crippen LogP contribution in [0, 0.1) is 11.8 Å². The molecule has 8 nitrogen and oxygen atoms in total. The molecule has 10 heteroatoms. The fraction of sp³-hybridized carbons (Fsp3) is 0.385. The molecule has 2 amide bonds. The van der Waals surface area contributed by atoms with Crippen LogP contribution in [0.1, 0.15) is 61.3 Å². The van der Waals surface area contributed by atoms with E-state index in [9.17, 15) is 29.4 Å². The Hall–Kier alpha value is -2.98. The molecule has 0 bridgehead atoms. The van der Waals surface area contributed by atoms with E-state index in [1.54, 1.807) is 48.5 Å². The Morgan fingerprint density at radius 3 is 1.31 bits per heavy atom. The maximum absolute atomic E-state index is 12.9. The van der Waals surface area contributed by atoms with Crippen LogP contribution in [0.2, 0.25) is 0 Å². The van der Waals surface area contributed by atoms with Gasteiger partial charge in [0.15, 0.2) is 0 Å². The third-order valence-electron chi connectivity index (χ3n) is 5.11. The molecule has 4 N–H and O–H groups in total. The van der Waals surface area contributed by atoms with Crippen LogP contribution < -0.4 is 10.6 Å². The lowest BCUT2D eigenvalue weighted by Crippen LogP contribution is -2.41. The van der Waals surface area contributed by atoms with Gasteiger partial charge in [0.1, 0.15) is 12.1 Å². The van der Waals surface area contributed by atoms with Gasteiger partial charge in [-0.05, 0) is 48.9 Å². The lowest BCUT2D eigenvalue weighted by molar-refractivity contribution is -0.140. The van der Waals surface area contributed by atoms with Crippen LogP contribution in [0.5, 0.6) is 0 Å². The minimum absolute atomic E-state index is 0.0930. The number of carbonyl (C=O) groups excluding carboxylic acids is 2. The summed E-state index contributed by atoms with van der Waals surface area (Å²) in [4.78, 5) is 50.2. The van der Waals surface area contributed by atoms with Gasteiger partial charge < -0.3 is 20.8 Å². The van der Waals surface area contributed by atoms with Gasteiger partial charge in [-0.3, -0.25) is 9.59 Å². The summed E-state index contributed by atoms with van der Waals surface area (Å²) in [5.74, 6) is -2.97. The fourth-order valence-corrected chi connectivity index (χ4v) is 5.76. The van der Waals surface area contributed by atoms with E-state index in [-0.39, 0.29) is 11.8 Å². The molecule has 2 aromatic rings. The number of rotatable bonds is 13. The van der Waals surface area contributed by atoms with Gasteiger partial charge >= 0.3 is 11.9 Å². The summed E-state index contributed by atoms with van der Waals surface area (Å²) >= 11 is 0. The topological polar surface area (TPSA) is 133 Å². The second kappa shape index (κ2) is 13.9. The first-order chi connectivity index (χ1) is 17.0. The summed E-state index contributed by atoms with van der Waals surface area (Å²) in [6.45, 7) is 7.55. The van der Waals surface area contributed by atoms with Crippen molar-refractivity contribution in [2.75, 3.05) is 0 Å². The van der Waals surface area contributed by atoms with Gasteiger partial charge in [0, 0.05) is 9.79 Å². The Morgan fingerprint density at radius 2 is 1.00 bits per heavy atom. The molecule has 0 radical (unpaired) electrons. The van der Waals surface area contributed by atoms with Gasteiger partial charge in [-0.2, -0.15) is 0 Å². The first-order valence-corrected chi connectivity index (χ1v) is 13.7. The normalized spacial score (nSPS) is 12.7. The maximum atomic E-state index is 12.9. The van der Waals surface area contributed by atoms with Crippen molar-refractivity contribution in [3.63, 3.8) is 0 Å². The van der Waals surface area contributed by atoms with E-state index >= 15 is 0 Å². The highest BCUT2D eigenvalue weighted by molar-refractivity contribution is 8.76. The Bertz CT molecular complexity index is 1000. The lowest BCUT2D eigenvalue weighted by atomic mass is 10.0. The van der Waals surface area contributed by atoms with Gasteiger partial charge in [-0.15, -0.1) is 0 Å². The van der Waals surface area contributed by atoms with E-state index in [4.69, 9.17) is 0 Å². The fourth-order valence-electron chi connectivity index (χ4n) is 3.40. The highest BCUT2D eigenvalue weighted by Gasteiger charge is 2.25. The Balaban J connectivity index is 2.19. The van der Waals surface area contributed by atoms with Gasteiger partial charge in [0.25, 0.3) is 11.8 Å². The largest absolute Gasteiger partial charge is 0.480 e. The molecule has 0 aliphatic heterocycles. The van der Waals surface area contributed by atoms with E-state index in [1.165, 1.54) is 21.6 Å². The zero-order valence-electron chi connectivity index (χ0n) is 20.7. The van der Waals surface area contributed by atoms with Crippen molar-refractivity contribution in [2.24, 2.45) is 11.8 Å². The molecule has 0 heterocycles. The number of hydrogen-bond donors (Lipinski definition) is 4. The molecule has 0 aromatic heterocycles. The van der Waals surface area contributed by atoms with Gasteiger partial charge in [0.05, 0.1) is 11.1 Å². The average molecular weight is 533 g/mol. The summed E-state index contributed by atoms with van der Waals surface area (Å²) < 4.78 is 0. The third kappa shape index (κ3) is 8.91. The van der Waals surface area contributed by atoms with Crippen LogP contribution in [0.4, 0.5) is 0 Å². The molecule has 0 unspecified atom stereocenters. The smallest absolute Gasteiger partial charge is 0.326 e. The van der Waals surface area contributed by atoms with Gasteiger partial charge in [-0.25, -0.2) is 9.59 Å². The number of benzene rings is 2. The highest BCUT2D eigenvalue weighted by Crippen LogP contribution is 2.40. The average Bonchev–Trinajstić information content (AvgIpc) is 2.81. The molecule has 194 valence electrons. The molecule has 2 rings (SSSR count). The van der Waals surface area contributed by atoms with Crippen molar-refractivity contribution in [3.05, 3.63) is 59.7 Å². The number of carboxylic acid groups (broad SMARTS) is 2. The van der Waals surface area contributed by atoms with Crippen LogP contribution in [0.3, 0.4) is 0 Å². The lowest BCUT2D eigenvalue weighted by Gasteiger charge is -2.18. The SMILES string of the molecule is CC(C)C[C@H](NC(=O)c1ccccc1SSc1ccccc1C(=O)N[C@@H](CC(C)C)C(=O)O)C(=O)O. The van der Waals surface area contributed by atoms with Crippen molar-refractivity contribution in [3.8, 4) is 0 Å². The van der Waals surface area contributed by atoms with Crippen LogP contribution >= 0.6 is 21.6 Å². The number of amides is 2. The van der Waals surface area contributed by atoms with Crippen LogP contribution in [0.15, 0.2) is 58.3 Å². The predicted octanol–water partition coefficient (Wildman–Crippen LogP) is 4.94. The van der Waals surface area contributed by atoms with Crippen LogP contribution in [0.25, 0.3) is 0 Å². The molecular formula is C26H32N2O6S2. The van der Waals surface area contributed by atoms with E-state index < -0.39 is 35.8 Å². The Labute approximate surface area is 219 Å². The molecule has 0 saturated carbocycles. The van der Waals surface area contributed by atoms with Crippen molar-refractivity contribution in [1.29, 1.82) is 0 Å². The van der Waals surface area contributed by atoms with E-state index in [0.29, 0.717) is 33.8 Å². The second-order valence-corrected chi connectivity index (χ2v) is 11.4. The minimum Gasteiger partial charge on any atom is -0.480 e. The highest BCUT2D eigenvalue weighted by atomic mass is 33.1. The van der Waals surface area contributed by atoms with E-state index in [0.717, 1.165) is 0 Å². The molecule has 0 aliphatic rings. The van der Waals surface area contributed by atoms with E-state index in [1.807, 2.05) is 27.7 Å². The summed E-state index contributed by atoms with van der Waals surface area (Å²) in [5.41, 5.74) is 0.657. The molecule has 0 aliphatic carbocycles. The summed E-state index contributed by atoms with van der Waals surface area (Å²) in [6.07, 6.45) is 0.615. The van der Waals surface area contributed by atoms with Crippen LogP contribution in [-0.2, 0) is 9.59 Å². The van der Waals surface area contributed by atoms with Crippen molar-refractivity contribution >= 4 is 45.3 Å². The van der Waals surface area contributed by atoms with Crippen LogP contribution in [-0.4, -0.2) is 46.0 Å². The first kappa shape index (κ1) is 29.3. The molecule has 36 heavy (non-hydrogen) atoms. The predicted molar refractivity (Wildman–Crippen MR) is 141 cm³/mol. The quantitative estimate of drug-likeness (QED) is 0.267. The number of aliphatic carboxylic acids is 2. The Kier molecular flexibility index (Phi) is 11.3. The zero-order valence-corrected chi connectivity index (χ0v) is 22.3. The zero-order chi connectivity index (χ0) is 26.8. The number of carboxylic acids is 2. The number of nitrogens with one attached hydrogen (secondary N) is 2.